The van der Waals surface area contributed by atoms with E-state index in [1.165, 1.54) is 24.8 Å². The Kier molecular flexibility index (Phi) is 6.14. The highest BCUT2D eigenvalue weighted by Gasteiger charge is 2.31. The first-order chi connectivity index (χ1) is 11.7. The van der Waals surface area contributed by atoms with Gasteiger partial charge in [-0.05, 0) is 50.3 Å². The smallest absolute Gasteiger partial charge is 0.119 e. The molecule has 3 rings (SSSR count). The van der Waals surface area contributed by atoms with Gasteiger partial charge in [-0.1, -0.05) is 25.0 Å². The van der Waals surface area contributed by atoms with E-state index in [4.69, 9.17) is 4.74 Å². The molecule has 0 aromatic heterocycles. The van der Waals surface area contributed by atoms with Crippen molar-refractivity contribution in [1.82, 2.24) is 10.2 Å². The zero-order valence-corrected chi connectivity index (χ0v) is 15.1. The van der Waals surface area contributed by atoms with E-state index in [9.17, 15) is 5.11 Å². The molecule has 0 bridgehead atoms. The number of hydrogen-bond acceptors (Lipinski definition) is 4. The Morgan fingerprint density at radius 3 is 2.62 bits per heavy atom. The summed E-state index contributed by atoms with van der Waals surface area (Å²) in [6.45, 7) is 4.43. The zero-order chi connectivity index (χ0) is 16.9. The van der Waals surface area contributed by atoms with E-state index in [-0.39, 0.29) is 6.10 Å². The van der Waals surface area contributed by atoms with Crippen molar-refractivity contribution < 1.29 is 9.84 Å². The summed E-state index contributed by atoms with van der Waals surface area (Å²) in [6, 6.07) is 9.61. The summed E-state index contributed by atoms with van der Waals surface area (Å²) < 4.78 is 5.33. The highest BCUT2D eigenvalue weighted by atomic mass is 16.5. The number of rotatable bonds is 5. The van der Waals surface area contributed by atoms with Gasteiger partial charge in [0.1, 0.15) is 5.75 Å². The first-order valence-corrected chi connectivity index (χ1v) is 9.49. The lowest BCUT2D eigenvalue weighted by Gasteiger charge is -2.42. The quantitative estimate of drug-likeness (QED) is 0.870. The fourth-order valence-corrected chi connectivity index (χ4v) is 4.28. The van der Waals surface area contributed by atoms with Crippen molar-refractivity contribution in [3.8, 4) is 5.75 Å². The van der Waals surface area contributed by atoms with Gasteiger partial charge in [-0.15, -0.1) is 0 Å². The van der Waals surface area contributed by atoms with Crippen molar-refractivity contribution in [3.63, 3.8) is 0 Å². The molecule has 2 aliphatic rings. The maximum atomic E-state index is 10.3. The maximum Gasteiger partial charge on any atom is 0.119 e. The summed E-state index contributed by atoms with van der Waals surface area (Å²) in [6.07, 6.45) is 6.82. The summed E-state index contributed by atoms with van der Waals surface area (Å²) in [7, 11) is 1.71. The summed E-state index contributed by atoms with van der Waals surface area (Å²) in [5.74, 6) is 0.919. The number of piperidine rings is 1. The summed E-state index contributed by atoms with van der Waals surface area (Å²) in [4.78, 5) is 2.53. The number of ether oxygens (including phenoxy) is 1. The van der Waals surface area contributed by atoms with Crippen molar-refractivity contribution in [3.05, 3.63) is 29.8 Å². The van der Waals surface area contributed by atoms with E-state index in [0.29, 0.717) is 18.1 Å². The maximum absolute atomic E-state index is 10.3. The highest BCUT2D eigenvalue weighted by molar-refractivity contribution is 5.30. The van der Waals surface area contributed by atoms with Crippen LogP contribution in [0.1, 0.15) is 57.1 Å². The Balaban J connectivity index is 1.49. The van der Waals surface area contributed by atoms with Gasteiger partial charge in [-0.25, -0.2) is 0 Å². The van der Waals surface area contributed by atoms with Crippen LogP contribution in [0.4, 0.5) is 0 Å². The first kappa shape index (κ1) is 17.7. The van der Waals surface area contributed by atoms with Crippen molar-refractivity contribution in [1.29, 1.82) is 0 Å². The van der Waals surface area contributed by atoms with Crippen LogP contribution in [0.25, 0.3) is 0 Å². The molecule has 0 spiro atoms. The molecular formula is C20H32N2O2. The van der Waals surface area contributed by atoms with E-state index in [1.54, 1.807) is 7.11 Å². The molecule has 1 saturated heterocycles. The first-order valence-electron chi connectivity index (χ1n) is 9.49. The molecule has 134 valence electrons. The van der Waals surface area contributed by atoms with Crippen molar-refractivity contribution in [2.75, 3.05) is 20.2 Å². The fourth-order valence-electron chi connectivity index (χ4n) is 4.28. The van der Waals surface area contributed by atoms with Crippen molar-refractivity contribution in [2.45, 2.75) is 69.7 Å². The number of methoxy groups -OCH3 is 1. The Hall–Kier alpha value is -1.10. The third kappa shape index (κ3) is 4.29. The van der Waals surface area contributed by atoms with Gasteiger partial charge < -0.3 is 15.2 Å². The molecular weight excluding hydrogens is 300 g/mol. The Morgan fingerprint density at radius 2 is 1.92 bits per heavy atom. The van der Waals surface area contributed by atoms with Gasteiger partial charge in [-0.2, -0.15) is 0 Å². The molecule has 0 radical (unpaired) electrons. The van der Waals surface area contributed by atoms with Gasteiger partial charge in [-0.3, -0.25) is 4.90 Å². The standard InChI is InChI=1S/C20H32N2O2/c1-15(16-6-5-7-18(14-16)24-2)21-17-10-12-22(13-11-17)19-8-3-4-9-20(19)23/h5-7,14-15,17,19-21,23H,3-4,8-13H2,1-2H3. The van der Waals surface area contributed by atoms with Gasteiger partial charge in [0.05, 0.1) is 13.2 Å². The molecule has 3 unspecified atom stereocenters. The van der Waals surface area contributed by atoms with Crippen LogP contribution in [0.5, 0.6) is 5.75 Å². The molecule has 3 atom stereocenters. The van der Waals surface area contributed by atoms with Crippen LogP contribution in [0, 0.1) is 0 Å². The summed E-state index contributed by atoms with van der Waals surface area (Å²) >= 11 is 0. The average molecular weight is 332 g/mol. The molecule has 2 N–H and O–H groups in total. The number of nitrogens with zero attached hydrogens (tertiary/aromatic N) is 1. The fraction of sp³-hybridized carbons (Fsp3) is 0.700. The minimum atomic E-state index is -0.112. The molecule has 1 aliphatic heterocycles. The third-order valence-corrected chi connectivity index (χ3v) is 5.77. The molecule has 1 aromatic rings. The summed E-state index contributed by atoms with van der Waals surface area (Å²) in [5.41, 5.74) is 1.28. The zero-order valence-electron chi connectivity index (χ0n) is 15.1. The second-order valence-corrected chi connectivity index (χ2v) is 7.39. The van der Waals surface area contributed by atoms with Crippen LogP contribution in [0.3, 0.4) is 0 Å². The lowest BCUT2D eigenvalue weighted by atomic mass is 9.89. The highest BCUT2D eigenvalue weighted by Crippen LogP contribution is 2.27. The van der Waals surface area contributed by atoms with Crippen LogP contribution < -0.4 is 10.1 Å². The second kappa shape index (κ2) is 8.32. The van der Waals surface area contributed by atoms with Crippen LogP contribution in [0.15, 0.2) is 24.3 Å². The lowest BCUT2D eigenvalue weighted by molar-refractivity contribution is 0.00671. The Morgan fingerprint density at radius 1 is 1.17 bits per heavy atom. The second-order valence-electron chi connectivity index (χ2n) is 7.39. The van der Waals surface area contributed by atoms with Gasteiger partial charge in [0.15, 0.2) is 0 Å². The van der Waals surface area contributed by atoms with Gasteiger partial charge in [0, 0.05) is 31.2 Å². The van der Waals surface area contributed by atoms with Crippen LogP contribution in [0.2, 0.25) is 0 Å². The molecule has 2 fully saturated rings. The molecule has 1 heterocycles. The van der Waals surface area contributed by atoms with Crippen LogP contribution in [-0.4, -0.2) is 48.4 Å². The molecule has 1 aromatic carbocycles. The monoisotopic (exact) mass is 332 g/mol. The largest absolute Gasteiger partial charge is 0.497 e. The number of nitrogens with one attached hydrogen (secondary N) is 1. The van der Waals surface area contributed by atoms with E-state index in [1.807, 2.05) is 6.07 Å². The number of hydrogen-bond donors (Lipinski definition) is 2. The van der Waals surface area contributed by atoms with Gasteiger partial charge in [0.2, 0.25) is 0 Å². The molecule has 4 heteroatoms. The van der Waals surface area contributed by atoms with Gasteiger partial charge in [0.25, 0.3) is 0 Å². The number of benzene rings is 1. The third-order valence-electron chi connectivity index (χ3n) is 5.77. The topological polar surface area (TPSA) is 44.7 Å². The van der Waals surface area contributed by atoms with Crippen molar-refractivity contribution in [2.24, 2.45) is 0 Å². The van der Waals surface area contributed by atoms with E-state index < -0.39 is 0 Å². The molecule has 4 nitrogen and oxygen atoms in total. The summed E-state index contributed by atoms with van der Waals surface area (Å²) in [5, 5.41) is 14.0. The van der Waals surface area contributed by atoms with Crippen LogP contribution >= 0.6 is 0 Å². The average Bonchev–Trinajstić information content (AvgIpc) is 2.63. The normalized spacial score (nSPS) is 27.8. The lowest BCUT2D eigenvalue weighted by Crippen LogP contribution is -2.51. The predicted molar refractivity (Wildman–Crippen MR) is 97.4 cm³/mol. The number of likely N-dealkylation sites (tertiary alicyclic amines) is 1. The van der Waals surface area contributed by atoms with E-state index >= 15 is 0 Å². The van der Waals surface area contributed by atoms with E-state index in [0.717, 1.165) is 38.1 Å². The number of aliphatic hydroxyl groups excluding tert-OH is 1. The molecule has 24 heavy (non-hydrogen) atoms. The minimum Gasteiger partial charge on any atom is -0.497 e. The van der Waals surface area contributed by atoms with Crippen molar-refractivity contribution >= 4 is 0 Å². The predicted octanol–water partition coefficient (Wildman–Crippen LogP) is 3.11. The number of aliphatic hydroxyl groups is 1. The minimum absolute atomic E-state index is 0.112. The molecule has 0 amide bonds. The van der Waals surface area contributed by atoms with Crippen LogP contribution in [-0.2, 0) is 0 Å². The SMILES string of the molecule is COc1cccc(C(C)NC2CCN(C3CCCCC3O)CC2)c1. The molecule has 1 saturated carbocycles. The van der Waals surface area contributed by atoms with Gasteiger partial charge >= 0.3 is 0 Å². The Labute approximate surface area is 146 Å². The molecule has 1 aliphatic carbocycles. The van der Waals surface area contributed by atoms with E-state index in [2.05, 4.69) is 35.3 Å². The Bertz CT molecular complexity index is 514.